The van der Waals surface area contributed by atoms with Gasteiger partial charge in [-0.2, -0.15) is 0 Å². The summed E-state index contributed by atoms with van der Waals surface area (Å²) in [7, 11) is 0. The standard InChI is InChI=1S/C36H34O8/c1-20-10-25-13-27-26(12-24-8-6-5-7-9-24)11-21(2)31-29(27)33(40)35(18-41-22(3)37,19-42-23(4)38)36(44-31)15-34(16-36)17-43-30(20)28(14-25)32(34)39/h5-11,14H,12-13,15-19H2,1-4H3. The van der Waals surface area contributed by atoms with E-state index in [0.29, 0.717) is 35.5 Å². The summed E-state index contributed by atoms with van der Waals surface area (Å²) in [4.78, 5) is 54.0. The number of hydrogen-bond donors (Lipinski definition) is 0. The van der Waals surface area contributed by atoms with Gasteiger partial charge in [-0.1, -0.05) is 42.5 Å². The summed E-state index contributed by atoms with van der Waals surface area (Å²) < 4.78 is 24.4. The number of ether oxygens (including phenoxy) is 4. The van der Waals surface area contributed by atoms with Gasteiger partial charge in [0.1, 0.15) is 42.3 Å². The highest BCUT2D eigenvalue weighted by molar-refractivity contribution is 6.09. The number of ketones is 2. The topological polar surface area (TPSA) is 105 Å². The lowest BCUT2D eigenvalue weighted by Gasteiger charge is -2.63. The monoisotopic (exact) mass is 594 g/mol. The van der Waals surface area contributed by atoms with Crippen molar-refractivity contribution < 1.29 is 38.1 Å². The molecule has 8 nitrogen and oxygen atoms in total. The summed E-state index contributed by atoms with van der Waals surface area (Å²) in [5.41, 5.74) is 2.54. The van der Waals surface area contributed by atoms with Crippen molar-refractivity contribution in [1.82, 2.24) is 0 Å². The molecule has 3 aromatic carbocycles. The Balaban J connectivity index is 1.52. The summed E-state index contributed by atoms with van der Waals surface area (Å²) in [6, 6.07) is 16.0. The van der Waals surface area contributed by atoms with Crippen molar-refractivity contribution in [2.24, 2.45) is 10.8 Å². The van der Waals surface area contributed by atoms with Crippen LogP contribution in [0.25, 0.3) is 0 Å². The molecular weight excluding hydrogens is 560 g/mol. The summed E-state index contributed by atoms with van der Waals surface area (Å²) in [6.07, 6.45) is 1.22. The molecule has 2 spiro atoms. The van der Waals surface area contributed by atoms with Crippen LogP contribution >= 0.6 is 0 Å². The molecule has 44 heavy (non-hydrogen) atoms. The van der Waals surface area contributed by atoms with Gasteiger partial charge in [-0.15, -0.1) is 0 Å². The van der Waals surface area contributed by atoms with Crippen LogP contribution in [0.3, 0.4) is 0 Å². The maximum atomic E-state index is 15.2. The summed E-state index contributed by atoms with van der Waals surface area (Å²) in [5.74, 6) is -0.433. The molecule has 3 aromatic rings. The van der Waals surface area contributed by atoms with Gasteiger partial charge >= 0.3 is 11.9 Å². The molecule has 3 aliphatic carbocycles. The second-order valence-electron chi connectivity index (χ2n) is 13.0. The maximum Gasteiger partial charge on any atom is 0.302 e. The molecule has 0 radical (unpaired) electrons. The number of benzene rings is 3. The second kappa shape index (κ2) is 9.78. The average Bonchev–Trinajstić information content (AvgIpc) is 2.96. The van der Waals surface area contributed by atoms with Crippen LogP contribution in [0.2, 0.25) is 0 Å². The Labute approximate surface area is 255 Å². The summed E-state index contributed by atoms with van der Waals surface area (Å²) in [5, 5.41) is 0. The molecule has 0 N–H and O–H groups in total. The molecule has 0 unspecified atom stereocenters. The highest BCUT2D eigenvalue weighted by atomic mass is 16.6. The van der Waals surface area contributed by atoms with Gasteiger partial charge in [-0.25, -0.2) is 0 Å². The largest absolute Gasteiger partial charge is 0.491 e. The minimum Gasteiger partial charge on any atom is -0.491 e. The third-order valence-corrected chi connectivity index (χ3v) is 9.96. The third kappa shape index (κ3) is 4.03. The molecule has 0 aromatic heterocycles. The van der Waals surface area contributed by atoms with E-state index in [1.807, 2.05) is 56.3 Å². The first kappa shape index (κ1) is 28.3. The summed E-state index contributed by atoms with van der Waals surface area (Å²) in [6.45, 7) is 5.86. The average molecular weight is 595 g/mol. The van der Waals surface area contributed by atoms with E-state index in [0.717, 1.165) is 33.4 Å². The zero-order valence-corrected chi connectivity index (χ0v) is 25.3. The molecule has 0 atom stereocenters. The first-order valence-electron chi connectivity index (χ1n) is 15.0. The summed E-state index contributed by atoms with van der Waals surface area (Å²) >= 11 is 0. The molecule has 7 bridgehead atoms. The second-order valence-corrected chi connectivity index (χ2v) is 13.0. The molecule has 1 saturated carbocycles. The lowest BCUT2D eigenvalue weighted by atomic mass is 9.46. The number of carbonyl (C=O) groups is 4. The van der Waals surface area contributed by atoms with Crippen LogP contribution < -0.4 is 9.47 Å². The van der Waals surface area contributed by atoms with Gasteiger partial charge in [-0.3, -0.25) is 19.2 Å². The fourth-order valence-corrected chi connectivity index (χ4v) is 7.87. The molecule has 8 heteroatoms. The van der Waals surface area contributed by atoms with Gasteiger partial charge in [0.15, 0.2) is 11.6 Å². The number of Topliss-reactive ketones (excluding diaryl/α,β-unsaturated/α-hetero) is 2. The Kier molecular flexibility index (Phi) is 6.29. The quantitative estimate of drug-likeness (QED) is 0.355. The molecular formula is C36H34O8. The lowest BCUT2D eigenvalue weighted by Crippen LogP contribution is -2.74. The van der Waals surface area contributed by atoms with Crippen LogP contribution in [-0.2, 0) is 31.9 Å². The van der Waals surface area contributed by atoms with E-state index in [9.17, 15) is 14.4 Å². The third-order valence-electron chi connectivity index (χ3n) is 9.96. The fourth-order valence-electron chi connectivity index (χ4n) is 7.87. The zero-order chi connectivity index (χ0) is 31.0. The van der Waals surface area contributed by atoms with E-state index in [-0.39, 0.29) is 44.2 Å². The van der Waals surface area contributed by atoms with E-state index >= 15 is 4.79 Å². The van der Waals surface area contributed by atoms with Gasteiger partial charge < -0.3 is 18.9 Å². The minimum absolute atomic E-state index is 0.0458. The molecule has 7 aliphatic rings. The number of esters is 2. The van der Waals surface area contributed by atoms with E-state index in [2.05, 4.69) is 6.07 Å². The van der Waals surface area contributed by atoms with Crippen LogP contribution in [0.1, 0.15) is 80.8 Å². The van der Waals surface area contributed by atoms with Gasteiger partial charge in [0.2, 0.25) is 0 Å². The Morgan fingerprint density at radius 2 is 1.52 bits per heavy atom. The maximum absolute atomic E-state index is 15.2. The number of rotatable bonds is 6. The first-order valence-corrected chi connectivity index (χ1v) is 15.0. The molecule has 4 heterocycles. The van der Waals surface area contributed by atoms with Crippen molar-refractivity contribution in [3.05, 3.63) is 93.0 Å². The normalized spacial score (nSPS) is 23.5. The SMILES string of the molecule is CC(=O)OCC1(COC(C)=O)C(=O)c2c3c(Cc4ccccc4)cc(C)c2OC12CC1(COc4c(C)cc(cc4C1=O)C3)C2. The van der Waals surface area contributed by atoms with Crippen LogP contribution in [-0.4, -0.2) is 48.9 Å². The van der Waals surface area contributed by atoms with Crippen LogP contribution in [0.4, 0.5) is 0 Å². The highest BCUT2D eigenvalue weighted by Gasteiger charge is 2.75. The predicted molar refractivity (Wildman–Crippen MR) is 159 cm³/mol. The highest BCUT2D eigenvalue weighted by Crippen LogP contribution is 2.65. The molecule has 226 valence electrons. The van der Waals surface area contributed by atoms with Crippen molar-refractivity contribution >= 4 is 23.5 Å². The number of aryl methyl sites for hydroxylation is 2. The molecule has 4 aliphatic heterocycles. The lowest BCUT2D eigenvalue weighted by molar-refractivity contribution is -0.203. The van der Waals surface area contributed by atoms with Crippen molar-refractivity contribution in [3.63, 3.8) is 0 Å². The van der Waals surface area contributed by atoms with Crippen LogP contribution in [0, 0.1) is 24.7 Å². The smallest absolute Gasteiger partial charge is 0.302 e. The number of hydrogen-bond acceptors (Lipinski definition) is 8. The van der Waals surface area contributed by atoms with Crippen molar-refractivity contribution in [1.29, 1.82) is 0 Å². The van der Waals surface area contributed by atoms with E-state index < -0.39 is 28.4 Å². The van der Waals surface area contributed by atoms with Crippen LogP contribution in [0.15, 0.2) is 48.5 Å². The van der Waals surface area contributed by atoms with Gasteiger partial charge in [-0.05, 0) is 66.1 Å². The Hall–Kier alpha value is -4.46. The van der Waals surface area contributed by atoms with Gasteiger partial charge in [0.25, 0.3) is 0 Å². The van der Waals surface area contributed by atoms with Crippen molar-refractivity contribution in [2.75, 3.05) is 19.8 Å². The van der Waals surface area contributed by atoms with E-state index in [4.69, 9.17) is 18.9 Å². The zero-order valence-electron chi connectivity index (χ0n) is 25.3. The van der Waals surface area contributed by atoms with Gasteiger partial charge in [0, 0.05) is 26.7 Å². The van der Waals surface area contributed by atoms with Crippen molar-refractivity contribution in [2.45, 2.75) is 59.0 Å². The fraction of sp³-hybridized carbons (Fsp3) is 0.389. The molecule has 0 saturated heterocycles. The van der Waals surface area contributed by atoms with Gasteiger partial charge in [0.05, 0.1) is 16.5 Å². The minimum atomic E-state index is -1.57. The first-order chi connectivity index (χ1) is 21.0. The van der Waals surface area contributed by atoms with Crippen LogP contribution in [0.5, 0.6) is 11.5 Å². The molecule has 10 rings (SSSR count). The number of carbonyl (C=O) groups excluding carboxylic acids is 4. The molecule has 0 amide bonds. The van der Waals surface area contributed by atoms with Crippen molar-refractivity contribution in [3.8, 4) is 11.5 Å². The van der Waals surface area contributed by atoms with E-state index in [1.165, 1.54) is 13.8 Å². The van der Waals surface area contributed by atoms with E-state index in [1.54, 1.807) is 0 Å². The Morgan fingerprint density at radius 3 is 2.18 bits per heavy atom. The Bertz CT molecular complexity index is 1740. The molecule has 1 fully saturated rings. The predicted octanol–water partition coefficient (Wildman–Crippen LogP) is 5.28. The Morgan fingerprint density at radius 1 is 0.864 bits per heavy atom.